The lowest BCUT2D eigenvalue weighted by molar-refractivity contribution is 0.414. The number of rotatable bonds is 9. The molecule has 4 heteroatoms. The summed E-state index contributed by atoms with van der Waals surface area (Å²) >= 11 is 0. The van der Waals surface area contributed by atoms with Gasteiger partial charge in [-0.15, -0.1) is 0 Å². The molecule has 1 N–H and O–H groups in total. The minimum atomic E-state index is 0.817. The van der Waals surface area contributed by atoms with Gasteiger partial charge in [0, 0.05) is 39.1 Å². The molecule has 2 rings (SSSR count). The lowest BCUT2D eigenvalue weighted by atomic mass is 10.1. The lowest BCUT2D eigenvalue weighted by Gasteiger charge is -2.22. The molecule has 0 unspecified atom stereocenters. The zero-order chi connectivity index (χ0) is 16.5. The van der Waals surface area contributed by atoms with Crippen molar-refractivity contribution in [2.75, 3.05) is 25.6 Å². The van der Waals surface area contributed by atoms with E-state index in [0.717, 1.165) is 31.1 Å². The van der Waals surface area contributed by atoms with Crippen LogP contribution in [0, 0.1) is 0 Å². The fraction of sp³-hybridized carbons (Fsp3) is 0.421. The Hall–Kier alpha value is -2.07. The van der Waals surface area contributed by atoms with Crippen molar-refractivity contribution in [3.63, 3.8) is 0 Å². The molecular formula is C19H27N3O. The van der Waals surface area contributed by atoms with Gasteiger partial charge >= 0.3 is 0 Å². The maximum atomic E-state index is 5.57. The van der Waals surface area contributed by atoms with Gasteiger partial charge in [0.05, 0.1) is 12.8 Å². The van der Waals surface area contributed by atoms with E-state index in [1.807, 2.05) is 24.5 Å². The third kappa shape index (κ3) is 5.25. The van der Waals surface area contributed by atoms with Crippen molar-refractivity contribution in [1.82, 2.24) is 10.3 Å². The summed E-state index contributed by atoms with van der Waals surface area (Å²) in [6.45, 7) is 4.91. The number of unbranched alkanes of at least 4 members (excludes halogenated alkanes) is 1. The summed E-state index contributed by atoms with van der Waals surface area (Å²) < 4.78 is 5.57. The predicted octanol–water partition coefficient (Wildman–Crippen LogP) is 3.62. The van der Waals surface area contributed by atoms with Crippen molar-refractivity contribution in [1.29, 1.82) is 0 Å². The van der Waals surface area contributed by atoms with E-state index in [2.05, 4.69) is 47.4 Å². The highest BCUT2D eigenvalue weighted by Gasteiger charge is 2.08. The first-order valence-electron chi connectivity index (χ1n) is 8.22. The molecule has 0 saturated heterocycles. The van der Waals surface area contributed by atoms with Crippen molar-refractivity contribution >= 4 is 5.69 Å². The minimum absolute atomic E-state index is 0.817. The Morgan fingerprint density at radius 2 is 1.83 bits per heavy atom. The van der Waals surface area contributed by atoms with Crippen LogP contribution in [0.2, 0.25) is 0 Å². The van der Waals surface area contributed by atoms with E-state index >= 15 is 0 Å². The zero-order valence-corrected chi connectivity index (χ0v) is 14.4. The number of methoxy groups -OCH3 is 1. The number of nitrogens with zero attached hydrogens (tertiary/aromatic N) is 2. The first-order chi connectivity index (χ1) is 11.2. The maximum absolute atomic E-state index is 5.57. The molecule has 0 aliphatic carbocycles. The molecule has 1 aromatic heterocycles. The normalized spacial score (nSPS) is 10.6. The number of ether oxygens (including phenoxy) is 1. The smallest absolute Gasteiger partial charge is 0.142 e. The Labute approximate surface area is 139 Å². The molecule has 2 aromatic rings. The fourth-order valence-electron chi connectivity index (χ4n) is 2.51. The van der Waals surface area contributed by atoms with E-state index in [0.29, 0.717) is 0 Å². The van der Waals surface area contributed by atoms with Gasteiger partial charge in [-0.05, 0) is 41.8 Å². The van der Waals surface area contributed by atoms with E-state index in [-0.39, 0.29) is 0 Å². The Kier molecular flexibility index (Phi) is 6.88. The summed E-state index contributed by atoms with van der Waals surface area (Å²) in [7, 11) is 3.86. The number of benzene rings is 1. The molecule has 0 atom stereocenters. The summed E-state index contributed by atoms with van der Waals surface area (Å²) in [4.78, 5) is 6.29. The van der Waals surface area contributed by atoms with Gasteiger partial charge in [0.1, 0.15) is 5.75 Å². The quantitative estimate of drug-likeness (QED) is 0.767. The number of hydrogen-bond donors (Lipinski definition) is 1. The molecule has 1 heterocycles. The van der Waals surface area contributed by atoms with Crippen molar-refractivity contribution in [3.8, 4) is 5.75 Å². The van der Waals surface area contributed by atoms with Crippen LogP contribution in [0.15, 0.2) is 42.7 Å². The molecule has 0 bridgehead atoms. The van der Waals surface area contributed by atoms with E-state index in [4.69, 9.17) is 4.74 Å². The van der Waals surface area contributed by atoms with Crippen LogP contribution in [-0.2, 0) is 13.1 Å². The van der Waals surface area contributed by atoms with E-state index in [1.54, 1.807) is 7.11 Å². The van der Waals surface area contributed by atoms with Gasteiger partial charge in [-0.2, -0.15) is 0 Å². The lowest BCUT2D eigenvalue weighted by Crippen LogP contribution is -2.19. The third-order valence-electron chi connectivity index (χ3n) is 3.91. The van der Waals surface area contributed by atoms with E-state index in [9.17, 15) is 0 Å². The van der Waals surface area contributed by atoms with Gasteiger partial charge in [0.25, 0.3) is 0 Å². The third-order valence-corrected chi connectivity index (χ3v) is 3.91. The minimum Gasteiger partial charge on any atom is -0.495 e. The first-order valence-corrected chi connectivity index (χ1v) is 8.22. The number of hydrogen-bond acceptors (Lipinski definition) is 4. The molecule has 0 spiro atoms. The summed E-state index contributed by atoms with van der Waals surface area (Å²) in [6.07, 6.45) is 6.03. The molecule has 23 heavy (non-hydrogen) atoms. The van der Waals surface area contributed by atoms with Crippen LogP contribution < -0.4 is 15.0 Å². The van der Waals surface area contributed by atoms with E-state index in [1.165, 1.54) is 24.0 Å². The van der Waals surface area contributed by atoms with Gasteiger partial charge in [-0.25, -0.2) is 0 Å². The van der Waals surface area contributed by atoms with Gasteiger partial charge in [-0.3, -0.25) is 4.98 Å². The van der Waals surface area contributed by atoms with Crippen molar-refractivity contribution < 1.29 is 4.74 Å². The molecule has 0 radical (unpaired) electrons. The zero-order valence-electron chi connectivity index (χ0n) is 14.4. The average molecular weight is 313 g/mol. The molecule has 0 aliphatic rings. The van der Waals surface area contributed by atoms with Gasteiger partial charge < -0.3 is 15.0 Å². The highest BCUT2D eigenvalue weighted by molar-refractivity contribution is 5.59. The highest BCUT2D eigenvalue weighted by atomic mass is 16.5. The van der Waals surface area contributed by atoms with Crippen LogP contribution in [0.4, 0.5) is 5.69 Å². The van der Waals surface area contributed by atoms with Gasteiger partial charge in [-0.1, -0.05) is 19.4 Å². The largest absolute Gasteiger partial charge is 0.495 e. The summed E-state index contributed by atoms with van der Waals surface area (Å²) in [5.41, 5.74) is 3.62. The van der Waals surface area contributed by atoms with Crippen LogP contribution in [0.5, 0.6) is 5.75 Å². The fourth-order valence-corrected chi connectivity index (χ4v) is 2.51. The molecular weight excluding hydrogens is 286 g/mol. The highest BCUT2D eigenvalue weighted by Crippen LogP contribution is 2.28. The topological polar surface area (TPSA) is 37.4 Å². The Bertz CT molecular complexity index is 586. The van der Waals surface area contributed by atoms with Crippen LogP contribution >= 0.6 is 0 Å². The molecule has 0 aliphatic heterocycles. The van der Waals surface area contributed by atoms with Crippen molar-refractivity contribution in [2.45, 2.75) is 32.9 Å². The van der Waals surface area contributed by atoms with Crippen LogP contribution in [0.3, 0.4) is 0 Å². The second-order valence-corrected chi connectivity index (χ2v) is 5.74. The first kappa shape index (κ1) is 17.3. The Balaban J connectivity index is 1.95. The molecule has 0 saturated carbocycles. The monoisotopic (exact) mass is 313 g/mol. The summed E-state index contributed by atoms with van der Waals surface area (Å²) in [5.74, 6) is 0.937. The summed E-state index contributed by atoms with van der Waals surface area (Å²) in [5, 5.41) is 3.46. The van der Waals surface area contributed by atoms with Crippen molar-refractivity contribution in [3.05, 3.63) is 53.9 Å². The molecule has 124 valence electrons. The molecule has 1 aromatic carbocycles. The van der Waals surface area contributed by atoms with Gasteiger partial charge in [0.15, 0.2) is 0 Å². The van der Waals surface area contributed by atoms with Crippen molar-refractivity contribution in [2.24, 2.45) is 0 Å². The van der Waals surface area contributed by atoms with Crippen LogP contribution in [-0.4, -0.2) is 25.7 Å². The number of anilines is 1. The summed E-state index contributed by atoms with van der Waals surface area (Å²) in [6, 6.07) is 10.5. The Morgan fingerprint density at radius 3 is 2.52 bits per heavy atom. The molecule has 0 amide bonds. The number of pyridine rings is 1. The predicted molar refractivity (Wildman–Crippen MR) is 96.0 cm³/mol. The number of nitrogens with one attached hydrogen (secondary N) is 1. The second-order valence-electron chi connectivity index (χ2n) is 5.74. The molecule has 4 nitrogen and oxygen atoms in total. The Morgan fingerprint density at radius 1 is 1.09 bits per heavy atom. The molecule has 0 fully saturated rings. The average Bonchev–Trinajstić information content (AvgIpc) is 2.60. The van der Waals surface area contributed by atoms with E-state index < -0.39 is 0 Å². The van der Waals surface area contributed by atoms with Gasteiger partial charge in [0.2, 0.25) is 0 Å². The number of aromatic nitrogens is 1. The maximum Gasteiger partial charge on any atom is 0.142 e. The SMILES string of the molecule is CCCCN(C)c1ccc(CNCc2ccncc2)cc1OC. The second kappa shape index (κ2) is 9.16. The standard InChI is InChI=1S/C19H27N3O/c1-4-5-12-22(2)18-7-6-17(13-19(18)23-3)15-21-14-16-8-10-20-11-9-16/h6-11,13,21H,4-5,12,14-15H2,1-3H3. The van der Waals surface area contributed by atoms with Crippen LogP contribution in [0.25, 0.3) is 0 Å². The van der Waals surface area contributed by atoms with Crippen LogP contribution in [0.1, 0.15) is 30.9 Å².